The van der Waals surface area contributed by atoms with Gasteiger partial charge in [0.2, 0.25) is 5.91 Å². The second-order valence-corrected chi connectivity index (χ2v) is 6.11. The Labute approximate surface area is 116 Å². The number of amides is 1. The van der Waals surface area contributed by atoms with Crippen LogP contribution >= 0.6 is 0 Å². The van der Waals surface area contributed by atoms with Gasteiger partial charge in [-0.3, -0.25) is 4.79 Å². The van der Waals surface area contributed by atoms with Crippen LogP contribution in [0.4, 0.5) is 0 Å². The summed E-state index contributed by atoms with van der Waals surface area (Å²) in [5.74, 6) is 0.700. The van der Waals surface area contributed by atoms with Crippen LogP contribution in [-0.4, -0.2) is 30.7 Å². The Kier molecular flexibility index (Phi) is 5.64. The molecule has 4 heteroatoms. The Morgan fingerprint density at radius 1 is 1.21 bits per heavy atom. The molecule has 1 aliphatic carbocycles. The van der Waals surface area contributed by atoms with Crippen molar-refractivity contribution < 1.29 is 9.53 Å². The molecular weight excluding hydrogens is 240 g/mol. The van der Waals surface area contributed by atoms with E-state index in [0.717, 1.165) is 12.8 Å². The highest BCUT2D eigenvalue weighted by molar-refractivity contribution is 5.81. The van der Waals surface area contributed by atoms with Gasteiger partial charge in [0.25, 0.3) is 0 Å². The summed E-state index contributed by atoms with van der Waals surface area (Å²) < 4.78 is 5.65. The fourth-order valence-electron chi connectivity index (χ4n) is 3.32. The molecule has 2 aliphatic rings. The molecule has 3 atom stereocenters. The average molecular weight is 268 g/mol. The third kappa shape index (κ3) is 4.18. The van der Waals surface area contributed by atoms with Gasteiger partial charge in [-0.05, 0) is 38.5 Å². The summed E-state index contributed by atoms with van der Waals surface area (Å²) in [6.45, 7) is 2.66. The summed E-state index contributed by atoms with van der Waals surface area (Å²) >= 11 is 0. The highest BCUT2D eigenvalue weighted by Gasteiger charge is 2.31. The van der Waals surface area contributed by atoms with E-state index in [1.807, 2.05) is 0 Å². The standard InChI is InChI=1S/C15H28N2O2/c1-11(12-6-4-2-3-5-7-12)17-15(18)14-9-8-13(10-16)19-14/h11-14H,2-10,16H2,1H3,(H,17,18)/t11-,13?,14?/m0/s1. The molecule has 1 aliphatic heterocycles. The van der Waals surface area contributed by atoms with Crippen LogP contribution in [0.3, 0.4) is 0 Å². The minimum atomic E-state index is -0.276. The second kappa shape index (κ2) is 7.25. The molecule has 1 saturated carbocycles. The highest BCUT2D eigenvalue weighted by Crippen LogP contribution is 2.26. The molecule has 0 bridgehead atoms. The van der Waals surface area contributed by atoms with Crippen LogP contribution in [0.5, 0.6) is 0 Å². The van der Waals surface area contributed by atoms with E-state index in [0.29, 0.717) is 12.5 Å². The van der Waals surface area contributed by atoms with E-state index in [1.165, 1.54) is 38.5 Å². The van der Waals surface area contributed by atoms with Crippen LogP contribution in [0, 0.1) is 5.92 Å². The van der Waals surface area contributed by atoms with Crippen molar-refractivity contribution in [2.75, 3.05) is 6.54 Å². The monoisotopic (exact) mass is 268 g/mol. The van der Waals surface area contributed by atoms with Crippen molar-refractivity contribution in [1.82, 2.24) is 5.32 Å². The SMILES string of the molecule is C[C@H](NC(=O)C1CCC(CN)O1)C1CCCCCC1. The Balaban J connectivity index is 1.77. The molecule has 19 heavy (non-hydrogen) atoms. The number of nitrogens with two attached hydrogens (primary N) is 1. The van der Waals surface area contributed by atoms with Crippen LogP contribution < -0.4 is 11.1 Å². The van der Waals surface area contributed by atoms with E-state index in [4.69, 9.17) is 10.5 Å². The maximum Gasteiger partial charge on any atom is 0.249 e. The summed E-state index contributed by atoms with van der Waals surface area (Å²) in [6.07, 6.45) is 9.32. The van der Waals surface area contributed by atoms with Gasteiger partial charge in [-0.25, -0.2) is 0 Å². The first kappa shape index (κ1) is 14.8. The van der Waals surface area contributed by atoms with Gasteiger partial charge >= 0.3 is 0 Å². The van der Waals surface area contributed by atoms with Crippen molar-refractivity contribution in [1.29, 1.82) is 0 Å². The van der Waals surface area contributed by atoms with Gasteiger partial charge in [0.15, 0.2) is 0 Å². The summed E-state index contributed by atoms with van der Waals surface area (Å²) in [7, 11) is 0. The van der Waals surface area contributed by atoms with Gasteiger partial charge in [0, 0.05) is 12.6 Å². The molecule has 0 radical (unpaired) electrons. The first-order valence-electron chi connectivity index (χ1n) is 7.86. The van der Waals surface area contributed by atoms with Crippen LogP contribution in [0.1, 0.15) is 58.3 Å². The Morgan fingerprint density at radius 2 is 1.89 bits per heavy atom. The molecule has 110 valence electrons. The molecule has 1 amide bonds. The largest absolute Gasteiger partial charge is 0.364 e. The number of nitrogens with one attached hydrogen (secondary N) is 1. The molecule has 0 aromatic rings. The Bertz CT molecular complexity index is 288. The molecule has 0 aromatic carbocycles. The highest BCUT2D eigenvalue weighted by atomic mass is 16.5. The minimum absolute atomic E-state index is 0.0627. The number of rotatable bonds is 4. The number of carbonyl (C=O) groups is 1. The van der Waals surface area contributed by atoms with Crippen LogP contribution in [0.2, 0.25) is 0 Å². The first-order chi connectivity index (χ1) is 9.20. The topological polar surface area (TPSA) is 64.4 Å². The lowest BCUT2D eigenvalue weighted by atomic mass is 9.93. The average Bonchev–Trinajstić information content (AvgIpc) is 2.73. The van der Waals surface area contributed by atoms with E-state index < -0.39 is 0 Å². The smallest absolute Gasteiger partial charge is 0.249 e. The van der Waals surface area contributed by atoms with Crippen molar-refractivity contribution in [3.63, 3.8) is 0 Å². The van der Waals surface area contributed by atoms with Crippen molar-refractivity contribution in [3.8, 4) is 0 Å². The third-order valence-corrected chi connectivity index (χ3v) is 4.64. The predicted molar refractivity (Wildman–Crippen MR) is 75.7 cm³/mol. The molecule has 0 spiro atoms. The van der Waals surface area contributed by atoms with Crippen molar-refractivity contribution in [3.05, 3.63) is 0 Å². The molecular formula is C15H28N2O2. The molecule has 1 saturated heterocycles. The Hall–Kier alpha value is -0.610. The quantitative estimate of drug-likeness (QED) is 0.766. The lowest BCUT2D eigenvalue weighted by molar-refractivity contribution is -0.132. The van der Waals surface area contributed by atoms with Gasteiger partial charge in [-0.2, -0.15) is 0 Å². The van der Waals surface area contributed by atoms with Crippen LogP contribution in [-0.2, 0) is 9.53 Å². The van der Waals surface area contributed by atoms with Crippen molar-refractivity contribution in [2.45, 2.75) is 76.5 Å². The van der Waals surface area contributed by atoms with Gasteiger partial charge in [0.05, 0.1) is 6.10 Å². The van der Waals surface area contributed by atoms with Gasteiger partial charge in [-0.15, -0.1) is 0 Å². The molecule has 2 rings (SSSR count). The molecule has 0 aromatic heterocycles. The minimum Gasteiger partial charge on any atom is -0.364 e. The number of carbonyl (C=O) groups excluding carboxylic acids is 1. The normalized spacial score (nSPS) is 30.8. The maximum absolute atomic E-state index is 12.2. The van der Waals surface area contributed by atoms with E-state index in [-0.39, 0.29) is 24.2 Å². The zero-order valence-corrected chi connectivity index (χ0v) is 12.1. The van der Waals surface area contributed by atoms with Crippen LogP contribution in [0.15, 0.2) is 0 Å². The zero-order valence-electron chi connectivity index (χ0n) is 12.1. The van der Waals surface area contributed by atoms with Gasteiger partial charge in [0.1, 0.15) is 6.10 Å². The molecule has 3 N–H and O–H groups in total. The third-order valence-electron chi connectivity index (χ3n) is 4.64. The second-order valence-electron chi connectivity index (χ2n) is 6.11. The number of hydrogen-bond acceptors (Lipinski definition) is 3. The summed E-state index contributed by atoms with van der Waals surface area (Å²) in [6, 6.07) is 0.270. The van der Waals surface area contributed by atoms with Crippen LogP contribution in [0.25, 0.3) is 0 Å². The predicted octanol–water partition coefficient (Wildman–Crippen LogP) is 1.97. The summed E-state index contributed by atoms with van der Waals surface area (Å²) in [5.41, 5.74) is 5.57. The Morgan fingerprint density at radius 3 is 2.47 bits per heavy atom. The van der Waals surface area contributed by atoms with Crippen molar-refractivity contribution in [2.24, 2.45) is 11.7 Å². The number of ether oxygens (including phenoxy) is 1. The zero-order chi connectivity index (χ0) is 13.7. The first-order valence-corrected chi connectivity index (χ1v) is 7.86. The maximum atomic E-state index is 12.2. The van der Waals surface area contributed by atoms with E-state index >= 15 is 0 Å². The fourth-order valence-corrected chi connectivity index (χ4v) is 3.32. The van der Waals surface area contributed by atoms with E-state index in [9.17, 15) is 4.79 Å². The molecule has 2 unspecified atom stereocenters. The lowest BCUT2D eigenvalue weighted by Crippen LogP contribution is -2.43. The molecule has 1 heterocycles. The van der Waals surface area contributed by atoms with E-state index in [2.05, 4.69) is 12.2 Å². The van der Waals surface area contributed by atoms with Crippen molar-refractivity contribution >= 4 is 5.91 Å². The lowest BCUT2D eigenvalue weighted by Gasteiger charge is -2.25. The molecule has 4 nitrogen and oxygen atoms in total. The summed E-state index contributed by atoms with van der Waals surface area (Å²) in [5, 5.41) is 3.16. The number of hydrogen-bond donors (Lipinski definition) is 2. The summed E-state index contributed by atoms with van der Waals surface area (Å²) in [4.78, 5) is 12.2. The van der Waals surface area contributed by atoms with Gasteiger partial charge < -0.3 is 15.8 Å². The van der Waals surface area contributed by atoms with Gasteiger partial charge in [-0.1, -0.05) is 25.7 Å². The molecule has 2 fully saturated rings. The van der Waals surface area contributed by atoms with E-state index in [1.54, 1.807) is 0 Å². The fraction of sp³-hybridized carbons (Fsp3) is 0.933.